The van der Waals surface area contributed by atoms with Crippen LogP contribution < -0.4 is 5.69 Å². The van der Waals surface area contributed by atoms with Gasteiger partial charge >= 0.3 is 11.7 Å². The molecule has 2 aromatic rings. The zero-order valence-corrected chi connectivity index (χ0v) is 11.7. The van der Waals surface area contributed by atoms with Crippen molar-refractivity contribution < 1.29 is 9.53 Å². The fraction of sp³-hybridized carbons (Fsp3) is 0.455. The van der Waals surface area contributed by atoms with E-state index in [0.29, 0.717) is 22.4 Å². The van der Waals surface area contributed by atoms with Crippen LogP contribution in [0.3, 0.4) is 0 Å². The van der Waals surface area contributed by atoms with E-state index >= 15 is 0 Å². The maximum atomic E-state index is 11.9. The van der Waals surface area contributed by atoms with E-state index in [1.165, 1.54) is 15.5 Å². The van der Waals surface area contributed by atoms with Crippen molar-refractivity contribution in [2.24, 2.45) is 14.1 Å². The molecule has 0 atom stereocenters. The van der Waals surface area contributed by atoms with Gasteiger partial charge in [0.25, 0.3) is 0 Å². The summed E-state index contributed by atoms with van der Waals surface area (Å²) in [6, 6.07) is 0. The van der Waals surface area contributed by atoms with Gasteiger partial charge < -0.3 is 9.30 Å². The summed E-state index contributed by atoms with van der Waals surface area (Å²) in [4.78, 5) is 27.5. The molecule has 0 fully saturated rings. The van der Waals surface area contributed by atoms with Gasteiger partial charge in [-0.3, -0.25) is 13.9 Å². The standard InChI is InChI=1S/C11H14N4O3S/c1-4-18-7(16)5-15-6-12-9-8(15)10(19)14(3)11(17)13(9)2/h6H,4-5H2,1-3H3. The number of ether oxygens (including phenoxy) is 1. The van der Waals surface area contributed by atoms with Crippen molar-refractivity contribution in [2.75, 3.05) is 6.61 Å². The molecule has 19 heavy (non-hydrogen) atoms. The smallest absolute Gasteiger partial charge is 0.330 e. The van der Waals surface area contributed by atoms with Crippen LogP contribution in [0.15, 0.2) is 11.1 Å². The third-order valence-electron chi connectivity index (χ3n) is 2.82. The molecule has 0 saturated heterocycles. The molecule has 0 aliphatic rings. The Morgan fingerprint density at radius 3 is 2.74 bits per heavy atom. The van der Waals surface area contributed by atoms with Crippen LogP contribution in [-0.4, -0.2) is 31.3 Å². The first-order chi connectivity index (χ1) is 8.97. The summed E-state index contributed by atoms with van der Waals surface area (Å²) in [5, 5.41) is 0. The van der Waals surface area contributed by atoms with E-state index in [9.17, 15) is 9.59 Å². The Morgan fingerprint density at radius 1 is 1.42 bits per heavy atom. The van der Waals surface area contributed by atoms with Crippen molar-refractivity contribution in [2.45, 2.75) is 13.5 Å². The van der Waals surface area contributed by atoms with E-state index in [2.05, 4.69) is 4.98 Å². The molecule has 7 nitrogen and oxygen atoms in total. The highest BCUT2D eigenvalue weighted by Gasteiger charge is 2.14. The molecule has 0 amide bonds. The minimum Gasteiger partial charge on any atom is -0.465 e. The summed E-state index contributed by atoms with van der Waals surface area (Å²) in [7, 11) is 3.20. The Balaban J connectivity index is 2.64. The van der Waals surface area contributed by atoms with Crippen molar-refractivity contribution in [3.8, 4) is 0 Å². The molecule has 0 bridgehead atoms. The predicted molar refractivity (Wildman–Crippen MR) is 71.4 cm³/mol. The number of esters is 1. The van der Waals surface area contributed by atoms with Crippen molar-refractivity contribution >= 4 is 29.4 Å². The van der Waals surface area contributed by atoms with Gasteiger partial charge in [0.15, 0.2) is 5.65 Å². The number of carbonyl (C=O) groups excluding carboxylic acids is 1. The molecular formula is C11H14N4O3S. The molecule has 8 heteroatoms. The van der Waals surface area contributed by atoms with Gasteiger partial charge in [-0.15, -0.1) is 0 Å². The Labute approximate surface area is 114 Å². The molecule has 0 N–H and O–H groups in total. The zero-order valence-electron chi connectivity index (χ0n) is 10.9. The molecule has 0 unspecified atom stereocenters. The minimum absolute atomic E-state index is 0.0200. The maximum absolute atomic E-state index is 11.9. The average Bonchev–Trinajstić information content (AvgIpc) is 2.78. The van der Waals surface area contributed by atoms with E-state index in [1.807, 2.05) is 0 Å². The van der Waals surface area contributed by atoms with Gasteiger partial charge in [-0.05, 0) is 6.92 Å². The number of nitrogens with zero attached hydrogens (tertiary/aromatic N) is 4. The number of fused-ring (bicyclic) bond motifs is 1. The van der Waals surface area contributed by atoms with Gasteiger partial charge in [-0.25, -0.2) is 9.78 Å². The summed E-state index contributed by atoms with van der Waals surface area (Å²) in [5.41, 5.74) is 0.781. The summed E-state index contributed by atoms with van der Waals surface area (Å²) in [6.45, 7) is 2.08. The predicted octanol–water partition coefficient (Wildman–Crippen LogP) is 0.366. The highest BCUT2D eigenvalue weighted by molar-refractivity contribution is 7.71. The molecular weight excluding hydrogens is 268 g/mol. The van der Waals surface area contributed by atoms with E-state index in [-0.39, 0.29) is 18.2 Å². The van der Waals surface area contributed by atoms with Gasteiger partial charge in [0.05, 0.1) is 12.9 Å². The van der Waals surface area contributed by atoms with Crippen molar-refractivity contribution in [3.63, 3.8) is 0 Å². The number of hydrogen-bond donors (Lipinski definition) is 0. The first kappa shape index (κ1) is 13.5. The minimum atomic E-state index is -0.368. The van der Waals surface area contributed by atoms with E-state index in [1.54, 1.807) is 25.6 Å². The first-order valence-corrected chi connectivity index (χ1v) is 6.14. The van der Waals surface area contributed by atoms with Gasteiger partial charge in [0.2, 0.25) is 0 Å². The van der Waals surface area contributed by atoms with Crippen LogP contribution in [0.5, 0.6) is 0 Å². The van der Waals surface area contributed by atoms with Gasteiger partial charge in [-0.1, -0.05) is 12.2 Å². The quantitative estimate of drug-likeness (QED) is 0.600. The largest absolute Gasteiger partial charge is 0.465 e. The number of imidazole rings is 1. The summed E-state index contributed by atoms with van der Waals surface area (Å²) in [5.74, 6) is -0.368. The Bertz CT molecular complexity index is 756. The normalized spacial score (nSPS) is 10.9. The van der Waals surface area contributed by atoms with Gasteiger partial charge in [-0.2, -0.15) is 0 Å². The lowest BCUT2D eigenvalue weighted by molar-refractivity contribution is -0.143. The van der Waals surface area contributed by atoms with Gasteiger partial charge in [0.1, 0.15) is 16.7 Å². The third kappa shape index (κ3) is 2.19. The lowest BCUT2D eigenvalue weighted by atomic mass is 10.5. The second-order valence-electron chi connectivity index (χ2n) is 4.06. The summed E-state index contributed by atoms with van der Waals surface area (Å²) >= 11 is 5.24. The van der Waals surface area contributed by atoms with E-state index < -0.39 is 0 Å². The van der Waals surface area contributed by atoms with Crippen LogP contribution in [0, 0.1) is 4.64 Å². The highest BCUT2D eigenvalue weighted by atomic mass is 32.1. The highest BCUT2D eigenvalue weighted by Crippen LogP contribution is 2.11. The summed E-state index contributed by atoms with van der Waals surface area (Å²) < 4.78 is 9.57. The molecule has 0 spiro atoms. The number of hydrogen-bond acceptors (Lipinski definition) is 5. The van der Waals surface area contributed by atoms with Crippen LogP contribution in [0.2, 0.25) is 0 Å². The number of aromatic nitrogens is 4. The Kier molecular flexibility index (Phi) is 3.52. The molecule has 0 aliphatic heterocycles. The van der Waals surface area contributed by atoms with Gasteiger partial charge in [0, 0.05) is 14.1 Å². The molecule has 2 aromatic heterocycles. The number of carbonyl (C=O) groups is 1. The number of aryl methyl sites for hydroxylation is 1. The van der Waals surface area contributed by atoms with Crippen LogP contribution in [0.25, 0.3) is 11.2 Å². The maximum Gasteiger partial charge on any atom is 0.330 e. The molecule has 0 saturated carbocycles. The summed E-state index contributed by atoms with van der Waals surface area (Å²) in [6.07, 6.45) is 1.48. The average molecular weight is 282 g/mol. The molecule has 102 valence electrons. The second kappa shape index (κ2) is 4.96. The van der Waals surface area contributed by atoms with Crippen LogP contribution in [-0.2, 0) is 30.2 Å². The lowest BCUT2D eigenvalue weighted by Crippen LogP contribution is -2.28. The first-order valence-electron chi connectivity index (χ1n) is 5.73. The second-order valence-corrected chi connectivity index (χ2v) is 4.44. The lowest BCUT2D eigenvalue weighted by Gasteiger charge is -2.07. The van der Waals surface area contributed by atoms with Crippen LogP contribution in [0.1, 0.15) is 6.92 Å². The van der Waals surface area contributed by atoms with Crippen LogP contribution in [0.4, 0.5) is 0 Å². The molecule has 2 heterocycles. The molecule has 0 aromatic carbocycles. The topological polar surface area (TPSA) is 71.1 Å². The third-order valence-corrected chi connectivity index (χ3v) is 3.29. The Hall–Kier alpha value is -1.96. The van der Waals surface area contributed by atoms with E-state index in [4.69, 9.17) is 17.0 Å². The molecule has 2 rings (SSSR count). The fourth-order valence-corrected chi connectivity index (χ4v) is 2.15. The zero-order chi connectivity index (χ0) is 14.2. The number of rotatable bonds is 3. The molecule has 0 radical (unpaired) electrons. The monoisotopic (exact) mass is 282 g/mol. The Morgan fingerprint density at radius 2 is 2.11 bits per heavy atom. The van der Waals surface area contributed by atoms with Crippen molar-refractivity contribution in [1.29, 1.82) is 0 Å². The van der Waals surface area contributed by atoms with Crippen molar-refractivity contribution in [3.05, 3.63) is 21.5 Å². The van der Waals surface area contributed by atoms with E-state index in [0.717, 1.165) is 0 Å². The van der Waals surface area contributed by atoms with Crippen molar-refractivity contribution in [1.82, 2.24) is 18.7 Å². The molecule has 0 aliphatic carbocycles. The van der Waals surface area contributed by atoms with Crippen LogP contribution >= 0.6 is 12.2 Å². The fourth-order valence-electron chi connectivity index (χ4n) is 1.86. The SMILES string of the molecule is CCOC(=O)Cn1cnc2c1c(=S)n(C)c(=O)n2C.